The van der Waals surface area contributed by atoms with E-state index in [1.165, 1.54) is 6.92 Å². The van der Waals surface area contributed by atoms with Crippen molar-refractivity contribution in [2.75, 3.05) is 0 Å². The maximum atomic E-state index is 13.6. The normalized spacial score (nSPS) is 37.8. The smallest absolute Gasteiger partial charge is 0.414 e. The summed E-state index contributed by atoms with van der Waals surface area (Å²) < 4.78 is 5.43. The summed E-state index contributed by atoms with van der Waals surface area (Å²) in [6.45, 7) is 15.6. The molecule has 9 heteroatoms. The fraction of sp³-hybridized carbons (Fsp3) is 0.800. The summed E-state index contributed by atoms with van der Waals surface area (Å²) in [5.41, 5.74) is -2.60. The van der Waals surface area contributed by atoms with Gasteiger partial charge in [-0.05, 0) is 37.0 Å². The average molecular weight is 484 g/mol. The van der Waals surface area contributed by atoms with Gasteiger partial charge in [0.2, 0.25) is 5.79 Å². The number of rotatable bonds is 6. The minimum Gasteiger partial charge on any atom is -0.414 e. The van der Waals surface area contributed by atoms with Crippen molar-refractivity contribution in [1.29, 1.82) is 0 Å². The number of Topliss-reactive ketones (excluding diaryl/α,β-unsaturated/α-hetero) is 1. The van der Waals surface area contributed by atoms with Gasteiger partial charge in [-0.3, -0.25) is 4.79 Å². The van der Waals surface area contributed by atoms with E-state index in [0.717, 1.165) is 0 Å². The number of aliphatic hydroxyl groups is 3. The van der Waals surface area contributed by atoms with Crippen molar-refractivity contribution in [2.24, 2.45) is 34.5 Å². The molecule has 2 fully saturated rings. The van der Waals surface area contributed by atoms with Crippen molar-refractivity contribution >= 4 is 17.8 Å². The van der Waals surface area contributed by atoms with E-state index in [4.69, 9.17) is 9.57 Å². The molecule has 0 radical (unpaired) electrons. The van der Waals surface area contributed by atoms with Crippen LogP contribution in [0.2, 0.25) is 0 Å². The zero-order chi connectivity index (χ0) is 26.3. The average Bonchev–Trinajstić information content (AvgIpc) is 2.73. The number of carbonyl (C=O) groups excluding carboxylic acids is 3. The molecule has 1 amide bonds. The predicted molar refractivity (Wildman–Crippen MR) is 124 cm³/mol. The second-order valence-electron chi connectivity index (χ2n) is 11.3. The van der Waals surface area contributed by atoms with Crippen molar-refractivity contribution in [3.63, 3.8) is 0 Å². The molecule has 2 rings (SSSR count). The molecular formula is C25H41NO8. The second-order valence-corrected chi connectivity index (χ2v) is 11.3. The van der Waals surface area contributed by atoms with Crippen molar-refractivity contribution in [3.05, 3.63) is 12.7 Å². The lowest BCUT2D eigenvalue weighted by atomic mass is 9.41. The highest BCUT2D eigenvalue weighted by Crippen LogP contribution is 2.66. The molecule has 0 spiro atoms. The van der Waals surface area contributed by atoms with E-state index in [-0.39, 0.29) is 25.2 Å². The standard InChI is InChI=1S/C25H41NO8/c1-9-15(4)12-18(28)25(32)16(5)13-17(27)19-22(6,7)10-11-24(31,23(19,25)8)33-21(30)26-34-20(29)14(2)3/h9,14-17,19,27,31-32H,1,10-13H2,2-8H3,(H,26,30)/t15-,16+,17+,19+,23-,24+,25-/m1/s1. The fourth-order valence-corrected chi connectivity index (χ4v) is 6.19. The van der Waals surface area contributed by atoms with Crippen LogP contribution in [0, 0.1) is 34.5 Å². The first-order valence-corrected chi connectivity index (χ1v) is 12.0. The van der Waals surface area contributed by atoms with Crippen LogP contribution in [0.1, 0.15) is 74.1 Å². The van der Waals surface area contributed by atoms with Crippen molar-refractivity contribution in [2.45, 2.75) is 91.6 Å². The molecule has 0 heterocycles. The Kier molecular flexibility index (Phi) is 7.97. The molecular weight excluding hydrogens is 442 g/mol. The van der Waals surface area contributed by atoms with Crippen LogP contribution in [0.15, 0.2) is 12.7 Å². The Morgan fingerprint density at radius 1 is 1.15 bits per heavy atom. The van der Waals surface area contributed by atoms with Gasteiger partial charge in [0.1, 0.15) is 5.60 Å². The molecule has 0 aromatic rings. The Labute approximate surface area is 201 Å². The third-order valence-corrected chi connectivity index (χ3v) is 8.17. The highest BCUT2D eigenvalue weighted by Gasteiger charge is 2.76. The van der Waals surface area contributed by atoms with E-state index in [9.17, 15) is 29.7 Å². The zero-order valence-corrected chi connectivity index (χ0v) is 21.4. The van der Waals surface area contributed by atoms with Gasteiger partial charge in [-0.15, -0.1) is 12.1 Å². The summed E-state index contributed by atoms with van der Waals surface area (Å²) in [6.07, 6.45) is -0.227. The number of hydrogen-bond donors (Lipinski definition) is 4. The van der Waals surface area contributed by atoms with Crippen molar-refractivity contribution in [3.8, 4) is 0 Å². The van der Waals surface area contributed by atoms with Gasteiger partial charge >= 0.3 is 12.1 Å². The predicted octanol–water partition coefficient (Wildman–Crippen LogP) is 2.87. The summed E-state index contributed by atoms with van der Waals surface area (Å²) >= 11 is 0. The molecule has 0 aromatic heterocycles. The van der Waals surface area contributed by atoms with E-state index in [2.05, 4.69) is 6.58 Å². The molecule has 2 aliphatic rings. The molecule has 34 heavy (non-hydrogen) atoms. The molecule has 0 aliphatic heterocycles. The quantitative estimate of drug-likeness (QED) is 0.257. The van der Waals surface area contributed by atoms with Gasteiger partial charge in [0.25, 0.3) is 0 Å². The van der Waals surface area contributed by atoms with Gasteiger partial charge in [0, 0.05) is 18.8 Å². The van der Waals surface area contributed by atoms with Crippen LogP contribution < -0.4 is 5.48 Å². The lowest BCUT2D eigenvalue weighted by molar-refractivity contribution is -0.362. The largest absolute Gasteiger partial charge is 0.443 e. The number of hydroxylamine groups is 1. The first kappa shape index (κ1) is 28.3. The van der Waals surface area contributed by atoms with Crippen LogP contribution in [-0.2, 0) is 19.2 Å². The summed E-state index contributed by atoms with van der Waals surface area (Å²) in [5, 5.41) is 35.1. The molecule has 0 saturated heterocycles. The van der Waals surface area contributed by atoms with Gasteiger partial charge < -0.3 is 24.9 Å². The third kappa shape index (κ3) is 4.50. The lowest BCUT2D eigenvalue weighted by Gasteiger charge is -2.67. The summed E-state index contributed by atoms with van der Waals surface area (Å²) in [6, 6.07) is 0. The van der Waals surface area contributed by atoms with E-state index in [1.807, 2.05) is 19.3 Å². The lowest BCUT2D eigenvalue weighted by Crippen LogP contribution is -2.78. The molecule has 2 saturated carbocycles. The van der Waals surface area contributed by atoms with Crippen molar-refractivity contribution in [1.82, 2.24) is 5.48 Å². The number of carbonyl (C=O) groups is 3. The summed E-state index contributed by atoms with van der Waals surface area (Å²) in [7, 11) is 0. The van der Waals surface area contributed by atoms with E-state index < -0.39 is 63.9 Å². The van der Waals surface area contributed by atoms with Crippen LogP contribution >= 0.6 is 0 Å². The minimum absolute atomic E-state index is 0.0303. The number of ketones is 1. The molecule has 0 aromatic carbocycles. The van der Waals surface area contributed by atoms with Gasteiger partial charge in [-0.1, -0.05) is 47.6 Å². The van der Waals surface area contributed by atoms with Crippen LogP contribution in [0.3, 0.4) is 0 Å². The first-order chi connectivity index (χ1) is 15.5. The van der Waals surface area contributed by atoms with Crippen LogP contribution in [0.25, 0.3) is 0 Å². The topological polar surface area (TPSA) is 142 Å². The number of hydrogen-bond acceptors (Lipinski definition) is 8. The highest BCUT2D eigenvalue weighted by molar-refractivity contribution is 5.89. The number of allylic oxidation sites excluding steroid dienone is 1. The number of aliphatic hydroxyl groups excluding tert-OH is 1. The van der Waals surface area contributed by atoms with Crippen LogP contribution in [-0.4, -0.2) is 50.7 Å². The molecule has 0 bridgehead atoms. The van der Waals surface area contributed by atoms with E-state index in [1.54, 1.807) is 33.8 Å². The number of amides is 1. The van der Waals surface area contributed by atoms with Crippen LogP contribution in [0.4, 0.5) is 4.79 Å². The molecule has 194 valence electrons. The van der Waals surface area contributed by atoms with Crippen molar-refractivity contribution < 1.29 is 39.3 Å². The number of ether oxygens (including phenoxy) is 1. The maximum Gasteiger partial charge on any atom is 0.443 e. The summed E-state index contributed by atoms with van der Waals surface area (Å²) in [4.78, 5) is 42.6. The monoisotopic (exact) mass is 483 g/mol. The minimum atomic E-state index is -2.33. The molecule has 4 N–H and O–H groups in total. The first-order valence-electron chi connectivity index (χ1n) is 12.0. The van der Waals surface area contributed by atoms with E-state index in [0.29, 0.717) is 6.42 Å². The Morgan fingerprint density at radius 3 is 2.26 bits per heavy atom. The Balaban J connectivity index is 2.57. The van der Waals surface area contributed by atoms with Crippen LogP contribution in [0.5, 0.6) is 0 Å². The maximum absolute atomic E-state index is 13.6. The van der Waals surface area contributed by atoms with Gasteiger partial charge in [0.15, 0.2) is 5.78 Å². The second kappa shape index (κ2) is 9.59. The van der Waals surface area contributed by atoms with Gasteiger partial charge in [-0.2, -0.15) is 0 Å². The molecule has 9 nitrogen and oxygen atoms in total. The third-order valence-electron chi connectivity index (χ3n) is 8.17. The van der Waals surface area contributed by atoms with Gasteiger partial charge in [-0.25, -0.2) is 9.59 Å². The zero-order valence-electron chi connectivity index (χ0n) is 21.4. The Hall–Kier alpha value is -1.97. The molecule has 0 unspecified atom stereocenters. The molecule has 2 aliphatic carbocycles. The Morgan fingerprint density at radius 2 is 1.74 bits per heavy atom. The highest BCUT2D eigenvalue weighted by atomic mass is 16.7. The van der Waals surface area contributed by atoms with E-state index >= 15 is 0 Å². The number of nitrogens with one attached hydrogen (secondary N) is 1. The summed E-state index contributed by atoms with van der Waals surface area (Å²) in [5.74, 6) is -5.82. The fourth-order valence-electron chi connectivity index (χ4n) is 6.19. The number of fused-ring (bicyclic) bond motifs is 1. The SMILES string of the molecule is C=C[C@@H](C)CC(=O)[C@]1(O)[C@@H](C)C[C@H](O)[C@H]2C(C)(C)CC[C@](O)(OC(=O)NOC(=O)C(C)C)[C@@]21C. The molecule has 7 atom stereocenters. The van der Waals surface area contributed by atoms with Gasteiger partial charge in [0.05, 0.1) is 17.4 Å². The Bertz CT molecular complexity index is 826.